The number of fused-ring (bicyclic) bond motifs is 1. The van der Waals surface area contributed by atoms with E-state index in [9.17, 15) is 9.90 Å². The molecule has 5 nitrogen and oxygen atoms in total. The van der Waals surface area contributed by atoms with Gasteiger partial charge in [0.25, 0.3) is 5.91 Å². The lowest BCUT2D eigenvalue weighted by molar-refractivity contribution is -0.118. The number of ether oxygens (including phenoxy) is 1. The lowest BCUT2D eigenvalue weighted by Crippen LogP contribution is -2.25. The molecule has 0 aliphatic carbocycles. The van der Waals surface area contributed by atoms with E-state index in [-0.39, 0.29) is 24.0 Å². The van der Waals surface area contributed by atoms with E-state index in [1.165, 1.54) is 12.1 Å². The molecule has 5 heteroatoms. The number of hydrogen-bond donors (Lipinski definition) is 3. The van der Waals surface area contributed by atoms with Crippen LogP contribution in [0.5, 0.6) is 11.5 Å². The van der Waals surface area contributed by atoms with Gasteiger partial charge < -0.3 is 20.9 Å². The molecule has 1 heterocycles. The Balaban J connectivity index is 2.49. The number of benzene rings is 1. The lowest BCUT2D eigenvalue weighted by Gasteiger charge is -2.18. The van der Waals surface area contributed by atoms with Gasteiger partial charge in [-0.25, -0.2) is 0 Å². The molecule has 0 atom stereocenters. The summed E-state index contributed by atoms with van der Waals surface area (Å²) < 4.78 is 5.07. The highest BCUT2D eigenvalue weighted by Crippen LogP contribution is 2.35. The van der Waals surface area contributed by atoms with E-state index < -0.39 is 0 Å². The molecule has 0 spiro atoms. The van der Waals surface area contributed by atoms with Gasteiger partial charge in [-0.15, -0.1) is 0 Å². The number of nitrogens with one attached hydrogen (secondary N) is 1. The van der Waals surface area contributed by atoms with Gasteiger partial charge in [0.1, 0.15) is 11.5 Å². The molecule has 1 amide bonds. The third kappa shape index (κ3) is 1.24. The van der Waals surface area contributed by atoms with Crippen molar-refractivity contribution in [3.05, 3.63) is 12.1 Å². The van der Waals surface area contributed by atoms with Gasteiger partial charge in [-0.1, -0.05) is 0 Å². The number of hydrogen-bond acceptors (Lipinski definition) is 4. The van der Waals surface area contributed by atoms with E-state index in [2.05, 4.69) is 5.32 Å². The summed E-state index contributed by atoms with van der Waals surface area (Å²) in [6.45, 7) is -0.0167. The number of nitrogen functional groups attached to an aromatic ring is 1. The summed E-state index contributed by atoms with van der Waals surface area (Å²) in [6.07, 6.45) is 0. The van der Waals surface area contributed by atoms with E-state index in [0.29, 0.717) is 11.4 Å². The Labute approximate surface area is 74.1 Å². The Morgan fingerprint density at radius 1 is 1.54 bits per heavy atom. The van der Waals surface area contributed by atoms with Crippen LogP contribution < -0.4 is 15.8 Å². The molecule has 0 bridgehead atoms. The molecule has 68 valence electrons. The number of aromatic hydroxyl groups is 1. The summed E-state index contributed by atoms with van der Waals surface area (Å²) in [5.74, 6) is 0.177. The Morgan fingerprint density at radius 3 is 3.08 bits per heavy atom. The van der Waals surface area contributed by atoms with Gasteiger partial charge >= 0.3 is 0 Å². The van der Waals surface area contributed by atoms with E-state index in [1.54, 1.807) is 0 Å². The van der Waals surface area contributed by atoms with E-state index in [1.807, 2.05) is 0 Å². The molecular formula is C8H8N2O3. The van der Waals surface area contributed by atoms with Gasteiger partial charge in [0.2, 0.25) is 0 Å². The van der Waals surface area contributed by atoms with Crippen LogP contribution >= 0.6 is 0 Å². The number of phenols is 1. The standard InChI is InChI=1S/C8H8N2O3/c9-4-1-7-5(2-6(4)11)10-8(12)3-13-7/h1-2,11H,3,9H2,(H,10,12). The highest BCUT2D eigenvalue weighted by atomic mass is 16.5. The third-order valence-corrected chi connectivity index (χ3v) is 1.76. The lowest BCUT2D eigenvalue weighted by atomic mass is 10.2. The van der Waals surface area contributed by atoms with Crippen LogP contribution in [0.15, 0.2) is 12.1 Å². The van der Waals surface area contributed by atoms with Gasteiger partial charge in [-0.2, -0.15) is 0 Å². The molecule has 13 heavy (non-hydrogen) atoms. The Hall–Kier alpha value is -1.91. The highest BCUT2D eigenvalue weighted by Gasteiger charge is 2.17. The third-order valence-electron chi connectivity index (χ3n) is 1.76. The summed E-state index contributed by atoms with van der Waals surface area (Å²) in [5, 5.41) is 11.8. The first-order valence-corrected chi connectivity index (χ1v) is 3.72. The van der Waals surface area contributed by atoms with Crippen LogP contribution in [0, 0.1) is 0 Å². The van der Waals surface area contributed by atoms with Crippen LogP contribution in [0.3, 0.4) is 0 Å². The van der Waals surface area contributed by atoms with Crippen molar-refractivity contribution >= 4 is 17.3 Å². The molecule has 0 fully saturated rings. The van der Waals surface area contributed by atoms with Crippen molar-refractivity contribution in [1.29, 1.82) is 0 Å². The SMILES string of the molecule is Nc1cc2c(cc1O)NC(=O)CO2. The van der Waals surface area contributed by atoms with Crippen molar-refractivity contribution in [2.75, 3.05) is 17.7 Å². The maximum absolute atomic E-state index is 10.9. The fraction of sp³-hybridized carbons (Fsp3) is 0.125. The second kappa shape index (κ2) is 2.55. The average molecular weight is 180 g/mol. The van der Waals surface area contributed by atoms with Gasteiger partial charge in [0.15, 0.2) is 6.61 Å². The summed E-state index contributed by atoms with van der Waals surface area (Å²) in [4.78, 5) is 10.9. The monoisotopic (exact) mass is 180 g/mol. The molecule has 0 unspecified atom stereocenters. The first kappa shape index (κ1) is 7.72. The van der Waals surface area contributed by atoms with Gasteiger partial charge in [0, 0.05) is 12.1 Å². The molecule has 1 aliphatic heterocycles. The maximum atomic E-state index is 10.9. The Morgan fingerprint density at radius 2 is 2.31 bits per heavy atom. The van der Waals surface area contributed by atoms with Crippen LogP contribution in [0.2, 0.25) is 0 Å². The smallest absolute Gasteiger partial charge is 0.262 e. The van der Waals surface area contributed by atoms with Crippen LogP contribution in [0.25, 0.3) is 0 Å². The number of phenolic OH excluding ortho intramolecular Hbond substituents is 1. The van der Waals surface area contributed by atoms with Gasteiger partial charge in [-0.3, -0.25) is 4.79 Å². The molecule has 0 aromatic heterocycles. The largest absolute Gasteiger partial charge is 0.506 e. The molecule has 0 saturated heterocycles. The number of carbonyl (C=O) groups excluding carboxylic acids is 1. The number of nitrogens with two attached hydrogens (primary N) is 1. The molecule has 1 aromatic carbocycles. The van der Waals surface area contributed by atoms with Crippen molar-refractivity contribution in [2.45, 2.75) is 0 Å². The number of carbonyl (C=O) groups is 1. The quantitative estimate of drug-likeness (QED) is 0.396. The number of rotatable bonds is 0. The van der Waals surface area contributed by atoms with Crippen molar-refractivity contribution in [2.24, 2.45) is 0 Å². The molecular weight excluding hydrogens is 172 g/mol. The minimum Gasteiger partial charge on any atom is -0.506 e. The van der Waals surface area contributed by atoms with E-state index in [4.69, 9.17) is 10.5 Å². The predicted octanol–water partition coefficient (Wildman–Crippen LogP) is 0.305. The van der Waals surface area contributed by atoms with Crippen LogP contribution in [0.1, 0.15) is 0 Å². The predicted molar refractivity (Wildman–Crippen MR) is 46.6 cm³/mol. The van der Waals surface area contributed by atoms with Crippen LogP contribution in [-0.2, 0) is 4.79 Å². The molecule has 1 aliphatic rings. The van der Waals surface area contributed by atoms with Crippen molar-refractivity contribution in [3.63, 3.8) is 0 Å². The second-order valence-corrected chi connectivity index (χ2v) is 2.74. The molecule has 0 radical (unpaired) electrons. The summed E-state index contributed by atoms with van der Waals surface area (Å²) >= 11 is 0. The van der Waals surface area contributed by atoms with Crippen molar-refractivity contribution in [3.8, 4) is 11.5 Å². The first-order chi connectivity index (χ1) is 6.16. The number of amides is 1. The van der Waals surface area contributed by atoms with Crippen LogP contribution in [-0.4, -0.2) is 17.6 Å². The van der Waals surface area contributed by atoms with Gasteiger partial charge in [-0.05, 0) is 0 Å². The zero-order valence-electron chi connectivity index (χ0n) is 6.70. The summed E-state index contributed by atoms with van der Waals surface area (Å²) in [7, 11) is 0. The summed E-state index contributed by atoms with van der Waals surface area (Å²) in [5.41, 5.74) is 6.11. The Kier molecular flexibility index (Phi) is 1.51. The Bertz CT molecular complexity index is 376. The minimum atomic E-state index is -0.239. The normalized spacial score (nSPS) is 14.3. The van der Waals surface area contributed by atoms with E-state index in [0.717, 1.165) is 0 Å². The molecule has 1 aromatic rings. The maximum Gasteiger partial charge on any atom is 0.262 e. The minimum absolute atomic E-state index is 0.0167. The molecule has 4 N–H and O–H groups in total. The van der Waals surface area contributed by atoms with Crippen LogP contribution in [0.4, 0.5) is 11.4 Å². The average Bonchev–Trinajstić information content (AvgIpc) is 2.08. The van der Waals surface area contributed by atoms with Gasteiger partial charge in [0.05, 0.1) is 11.4 Å². The van der Waals surface area contributed by atoms with Crippen molar-refractivity contribution < 1.29 is 14.6 Å². The van der Waals surface area contributed by atoms with E-state index >= 15 is 0 Å². The zero-order valence-corrected chi connectivity index (χ0v) is 6.70. The topological polar surface area (TPSA) is 84.6 Å². The summed E-state index contributed by atoms with van der Waals surface area (Å²) in [6, 6.07) is 2.84. The molecule has 0 saturated carbocycles. The number of anilines is 2. The zero-order chi connectivity index (χ0) is 9.42. The second-order valence-electron chi connectivity index (χ2n) is 2.74. The molecule has 2 rings (SSSR count). The highest BCUT2D eigenvalue weighted by molar-refractivity contribution is 5.96. The fourth-order valence-corrected chi connectivity index (χ4v) is 1.13. The first-order valence-electron chi connectivity index (χ1n) is 3.72. The van der Waals surface area contributed by atoms with Crippen molar-refractivity contribution in [1.82, 2.24) is 0 Å². The fourth-order valence-electron chi connectivity index (χ4n) is 1.13.